The molecular weight excluding hydrogens is 503 g/mol. The molecule has 0 unspecified atom stereocenters. The van der Waals surface area contributed by atoms with E-state index in [2.05, 4.69) is 10.6 Å². The van der Waals surface area contributed by atoms with Crippen LogP contribution in [0.1, 0.15) is 68.9 Å². The Morgan fingerprint density at radius 1 is 0.649 bits per heavy atom. The Labute approximate surface area is 230 Å². The van der Waals surface area contributed by atoms with Gasteiger partial charge in [-0.1, -0.05) is 59.6 Å². The van der Waals surface area contributed by atoms with Crippen LogP contribution in [-0.4, -0.2) is 23.9 Å². The van der Waals surface area contributed by atoms with Crippen LogP contribution >= 0.6 is 23.2 Å². The Bertz CT molecular complexity index is 1030. The molecular formula is C31H36Cl2N2O2. The molecule has 2 aromatic rings. The number of benzene rings is 2. The molecule has 0 heterocycles. The first-order chi connectivity index (χ1) is 18.0. The first-order valence-corrected chi connectivity index (χ1v) is 14.2. The van der Waals surface area contributed by atoms with Gasteiger partial charge in [0.15, 0.2) is 0 Å². The van der Waals surface area contributed by atoms with Crippen molar-refractivity contribution < 1.29 is 9.59 Å². The monoisotopic (exact) mass is 538 g/mol. The second-order valence-electron chi connectivity index (χ2n) is 10.4. The summed E-state index contributed by atoms with van der Waals surface area (Å²) in [5, 5.41) is 7.61. The highest BCUT2D eigenvalue weighted by Crippen LogP contribution is 2.35. The highest BCUT2D eigenvalue weighted by molar-refractivity contribution is 6.32. The SMILES string of the molecule is O=C(C=Cc1ccccc1Cl)NC1CCC(CC2CCC(NC(=O)C=Cc3ccccc3Cl)CC2)CC1. The zero-order chi connectivity index (χ0) is 26.0. The average molecular weight is 540 g/mol. The van der Waals surface area contributed by atoms with E-state index in [0.717, 1.165) is 48.6 Å². The van der Waals surface area contributed by atoms with Gasteiger partial charge in [0.25, 0.3) is 0 Å². The molecule has 0 aliphatic heterocycles. The summed E-state index contributed by atoms with van der Waals surface area (Å²) in [6, 6.07) is 15.5. The first-order valence-electron chi connectivity index (χ1n) is 13.4. The van der Waals surface area contributed by atoms with Crippen LogP contribution in [0.15, 0.2) is 60.7 Å². The van der Waals surface area contributed by atoms with Crippen LogP contribution in [0.4, 0.5) is 0 Å². The third kappa shape index (κ3) is 8.76. The summed E-state index contributed by atoms with van der Waals surface area (Å²) in [5.41, 5.74) is 1.71. The van der Waals surface area contributed by atoms with Gasteiger partial charge < -0.3 is 10.6 Å². The summed E-state index contributed by atoms with van der Waals surface area (Å²) in [6.45, 7) is 0. The lowest BCUT2D eigenvalue weighted by molar-refractivity contribution is -0.118. The molecule has 2 aliphatic carbocycles. The number of amides is 2. The van der Waals surface area contributed by atoms with Crippen molar-refractivity contribution in [2.75, 3.05) is 0 Å². The molecule has 196 valence electrons. The highest BCUT2D eigenvalue weighted by atomic mass is 35.5. The van der Waals surface area contributed by atoms with Crippen molar-refractivity contribution in [2.24, 2.45) is 11.8 Å². The van der Waals surface area contributed by atoms with Gasteiger partial charge in [-0.25, -0.2) is 0 Å². The number of carbonyl (C=O) groups is 2. The fourth-order valence-corrected chi connectivity index (χ4v) is 6.00. The second kappa shape index (κ2) is 13.8. The Kier molecular flexibility index (Phi) is 10.3. The smallest absolute Gasteiger partial charge is 0.244 e. The first kappa shape index (κ1) is 27.5. The van der Waals surface area contributed by atoms with E-state index in [1.165, 1.54) is 32.1 Å². The molecule has 2 aliphatic rings. The van der Waals surface area contributed by atoms with E-state index >= 15 is 0 Å². The Hall–Kier alpha value is -2.56. The van der Waals surface area contributed by atoms with Crippen LogP contribution in [0.5, 0.6) is 0 Å². The molecule has 2 N–H and O–H groups in total. The van der Waals surface area contributed by atoms with Crippen molar-refractivity contribution in [2.45, 2.75) is 69.9 Å². The fourth-order valence-electron chi connectivity index (χ4n) is 5.61. The zero-order valence-corrected chi connectivity index (χ0v) is 22.7. The molecule has 4 rings (SSSR count). The predicted octanol–water partition coefficient (Wildman–Crippen LogP) is 7.46. The van der Waals surface area contributed by atoms with Gasteiger partial charge in [0.2, 0.25) is 11.8 Å². The molecule has 0 saturated heterocycles. The molecule has 2 aromatic carbocycles. The van der Waals surface area contributed by atoms with Gasteiger partial charge in [0, 0.05) is 34.3 Å². The summed E-state index contributed by atoms with van der Waals surface area (Å²) >= 11 is 12.3. The van der Waals surface area contributed by atoms with Gasteiger partial charge in [0.1, 0.15) is 0 Å². The van der Waals surface area contributed by atoms with Crippen LogP contribution in [-0.2, 0) is 9.59 Å². The van der Waals surface area contributed by atoms with Crippen LogP contribution in [0, 0.1) is 11.8 Å². The van der Waals surface area contributed by atoms with Gasteiger partial charge in [-0.3, -0.25) is 9.59 Å². The Morgan fingerprint density at radius 3 is 1.41 bits per heavy atom. The summed E-state index contributed by atoms with van der Waals surface area (Å²) in [7, 11) is 0. The largest absolute Gasteiger partial charge is 0.350 e. The van der Waals surface area contributed by atoms with E-state index in [0.29, 0.717) is 10.0 Å². The van der Waals surface area contributed by atoms with Crippen molar-refractivity contribution in [1.82, 2.24) is 10.6 Å². The van der Waals surface area contributed by atoms with Crippen LogP contribution < -0.4 is 10.6 Å². The van der Waals surface area contributed by atoms with Crippen LogP contribution in [0.25, 0.3) is 12.2 Å². The molecule has 2 amide bonds. The van der Waals surface area contributed by atoms with Crippen molar-refractivity contribution in [3.05, 3.63) is 81.9 Å². The van der Waals surface area contributed by atoms with Crippen molar-refractivity contribution >= 4 is 47.2 Å². The molecule has 0 bridgehead atoms. The lowest BCUT2D eigenvalue weighted by Crippen LogP contribution is -2.38. The molecule has 2 fully saturated rings. The molecule has 2 saturated carbocycles. The minimum absolute atomic E-state index is 0.0505. The number of rotatable bonds is 8. The van der Waals surface area contributed by atoms with Gasteiger partial charge in [0.05, 0.1) is 0 Å². The van der Waals surface area contributed by atoms with E-state index in [-0.39, 0.29) is 23.9 Å². The number of halogens is 2. The quantitative estimate of drug-likeness (QED) is 0.342. The Balaban J connectivity index is 1.12. The van der Waals surface area contributed by atoms with E-state index in [1.807, 2.05) is 48.5 Å². The van der Waals surface area contributed by atoms with Crippen molar-refractivity contribution in [1.29, 1.82) is 0 Å². The number of carbonyl (C=O) groups excluding carboxylic acids is 2. The normalized spacial score (nSPS) is 24.3. The van der Waals surface area contributed by atoms with Gasteiger partial charge in [-0.2, -0.15) is 0 Å². The van der Waals surface area contributed by atoms with E-state index < -0.39 is 0 Å². The molecule has 0 radical (unpaired) electrons. The summed E-state index contributed by atoms with van der Waals surface area (Å²) in [5.74, 6) is 1.37. The third-order valence-corrected chi connectivity index (χ3v) is 8.38. The summed E-state index contributed by atoms with van der Waals surface area (Å²) < 4.78 is 0. The predicted molar refractivity (Wildman–Crippen MR) is 153 cm³/mol. The minimum atomic E-state index is -0.0505. The lowest BCUT2D eigenvalue weighted by Gasteiger charge is -2.34. The molecule has 0 atom stereocenters. The van der Waals surface area contributed by atoms with Gasteiger partial charge >= 0.3 is 0 Å². The topological polar surface area (TPSA) is 58.2 Å². The fraction of sp³-hybridized carbons (Fsp3) is 0.419. The highest BCUT2D eigenvalue weighted by Gasteiger charge is 2.27. The molecule has 37 heavy (non-hydrogen) atoms. The maximum atomic E-state index is 12.3. The molecule has 0 aromatic heterocycles. The van der Waals surface area contributed by atoms with Crippen molar-refractivity contribution in [3.8, 4) is 0 Å². The second-order valence-corrected chi connectivity index (χ2v) is 11.2. The molecule has 6 heteroatoms. The lowest BCUT2D eigenvalue weighted by atomic mass is 9.75. The summed E-state index contributed by atoms with van der Waals surface area (Å²) in [6.07, 6.45) is 16.8. The Morgan fingerprint density at radius 2 is 1.03 bits per heavy atom. The van der Waals surface area contributed by atoms with Crippen LogP contribution in [0.2, 0.25) is 10.0 Å². The maximum absolute atomic E-state index is 12.3. The minimum Gasteiger partial charge on any atom is -0.350 e. The third-order valence-electron chi connectivity index (χ3n) is 7.69. The van der Waals surface area contributed by atoms with E-state index in [4.69, 9.17) is 23.2 Å². The zero-order valence-electron chi connectivity index (χ0n) is 21.2. The maximum Gasteiger partial charge on any atom is 0.244 e. The van der Waals surface area contributed by atoms with E-state index in [9.17, 15) is 9.59 Å². The number of hydrogen-bond acceptors (Lipinski definition) is 2. The van der Waals surface area contributed by atoms with E-state index in [1.54, 1.807) is 24.3 Å². The summed E-state index contributed by atoms with van der Waals surface area (Å²) in [4.78, 5) is 24.7. The number of nitrogens with one attached hydrogen (secondary N) is 2. The van der Waals surface area contributed by atoms with Crippen molar-refractivity contribution in [3.63, 3.8) is 0 Å². The standard InChI is InChI=1S/C31H36Cl2N2O2/c32-28-7-3-1-5-24(28)13-19-30(36)34-26-15-9-22(10-16-26)21-23-11-17-27(18-12-23)35-31(37)20-14-25-6-2-4-8-29(25)33/h1-8,13-14,19-20,22-23,26-27H,9-12,15-18,21H2,(H,34,36)(H,35,37). The number of hydrogen-bond donors (Lipinski definition) is 2. The molecule has 4 nitrogen and oxygen atoms in total. The average Bonchev–Trinajstić information content (AvgIpc) is 2.90. The van der Waals surface area contributed by atoms with Gasteiger partial charge in [-0.05, 0) is 105 Å². The van der Waals surface area contributed by atoms with Gasteiger partial charge in [-0.15, -0.1) is 0 Å². The molecule has 0 spiro atoms. The van der Waals surface area contributed by atoms with Crippen LogP contribution in [0.3, 0.4) is 0 Å².